The lowest BCUT2D eigenvalue weighted by molar-refractivity contribution is -0.150. The first-order chi connectivity index (χ1) is 5.79. The van der Waals surface area contributed by atoms with E-state index in [2.05, 4.69) is 9.15 Å². The molecule has 0 saturated carbocycles. The molecule has 0 saturated heterocycles. The van der Waals surface area contributed by atoms with Crippen molar-refractivity contribution >= 4 is 11.9 Å². The third-order valence-electron chi connectivity index (χ3n) is 0.982. The maximum Gasteiger partial charge on any atom is 0.338 e. The number of esters is 2. The zero-order valence-electron chi connectivity index (χ0n) is 6.10. The molecule has 62 valence electrons. The zero-order valence-corrected chi connectivity index (χ0v) is 6.10. The smallest absolute Gasteiger partial charge is 0.338 e. The molecular weight excluding hydrogens is 160 g/mol. The van der Waals surface area contributed by atoms with E-state index in [1.165, 1.54) is 0 Å². The third-order valence-corrected chi connectivity index (χ3v) is 0.982. The molecule has 0 bridgehead atoms. The van der Waals surface area contributed by atoms with Crippen LogP contribution in [0.5, 0.6) is 0 Å². The van der Waals surface area contributed by atoms with Crippen LogP contribution in [0.4, 0.5) is 0 Å². The van der Waals surface area contributed by atoms with Gasteiger partial charge in [-0.25, -0.2) is 9.59 Å². The molecule has 12 heavy (non-hydrogen) atoms. The van der Waals surface area contributed by atoms with E-state index >= 15 is 0 Å². The quantitative estimate of drug-likeness (QED) is 0.424. The van der Waals surface area contributed by atoms with Gasteiger partial charge >= 0.3 is 11.9 Å². The summed E-state index contributed by atoms with van der Waals surface area (Å²) >= 11 is 0. The Morgan fingerprint density at radius 1 is 0.917 bits per heavy atom. The fourth-order valence-corrected chi connectivity index (χ4v) is 0.530. The summed E-state index contributed by atoms with van der Waals surface area (Å²) in [5.74, 6) is -1.16. The number of carbonyl (C=O) groups is 2. The van der Waals surface area contributed by atoms with Gasteiger partial charge in [-0.1, -0.05) is 0 Å². The van der Waals surface area contributed by atoms with Crippen LogP contribution >= 0.6 is 0 Å². The van der Waals surface area contributed by atoms with Gasteiger partial charge in [0.25, 0.3) is 0 Å². The highest BCUT2D eigenvalue weighted by Gasteiger charge is 2.10. The highest BCUT2D eigenvalue weighted by atomic mass is 16.6. The maximum atomic E-state index is 9.92. The Hall–Kier alpha value is -1.84. The lowest BCUT2D eigenvalue weighted by Crippen LogP contribution is -1.96. The summed E-state index contributed by atoms with van der Waals surface area (Å²) in [6.45, 7) is 0. The summed E-state index contributed by atoms with van der Waals surface area (Å²) in [7, 11) is 0. The third kappa shape index (κ3) is 2.83. The Bertz CT molecular complexity index is 251. The predicted octanol–water partition coefficient (Wildman–Crippen LogP) is 0.906. The van der Waals surface area contributed by atoms with Gasteiger partial charge in [0.2, 0.25) is 0 Å². The molecular formula is C8H6O4. The van der Waals surface area contributed by atoms with Gasteiger partial charge in [-0.15, -0.1) is 0 Å². The van der Waals surface area contributed by atoms with Gasteiger partial charge < -0.3 is 9.15 Å². The summed E-state index contributed by atoms with van der Waals surface area (Å²) < 4.78 is 8.56. The van der Waals surface area contributed by atoms with E-state index in [4.69, 9.17) is 0 Å². The van der Waals surface area contributed by atoms with Crippen LogP contribution in [0, 0.1) is 0 Å². The fraction of sp³-hybridized carbons (Fsp3) is 0. The minimum atomic E-state index is -0.579. The molecule has 4 nitrogen and oxygen atoms in total. The van der Waals surface area contributed by atoms with Gasteiger partial charge in [0.15, 0.2) is 0 Å². The topological polar surface area (TPSA) is 56.5 Å². The standard InChI is InChI=1S/C4H2O3.C4H4O/c5-3-1-2-4(6)7-3;1-2-4-5-3-1/h1-2H;1-4H. The molecule has 1 aliphatic rings. The molecule has 0 unspecified atom stereocenters. The van der Waals surface area contributed by atoms with Crippen LogP contribution in [0.2, 0.25) is 0 Å². The maximum absolute atomic E-state index is 9.92. The normalized spacial score (nSPS) is 13.7. The van der Waals surface area contributed by atoms with Crippen molar-refractivity contribution in [3.8, 4) is 0 Å². The summed E-state index contributed by atoms with van der Waals surface area (Å²) in [5.41, 5.74) is 0. The lowest BCUT2D eigenvalue weighted by atomic mass is 10.6. The van der Waals surface area contributed by atoms with Gasteiger partial charge in [-0.2, -0.15) is 0 Å². The molecule has 2 rings (SSSR count). The van der Waals surface area contributed by atoms with Crippen LogP contribution in [-0.4, -0.2) is 11.9 Å². The second kappa shape index (κ2) is 4.12. The monoisotopic (exact) mass is 166 g/mol. The van der Waals surface area contributed by atoms with Crippen molar-refractivity contribution in [2.24, 2.45) is 0 Å². The summed E-state index contributed by atoms with van der Waals surface area (Å²) in [6.07, 6.45) is 5.42. The van der Waals surface area contributed by atoms with Crippen LogP contribution in [0.3, 0.4) is 0 Å². The average molecular weight is 166 g/mol. The Labute approximate surface area is 68.4 Å². The highest BCUT2D eigenvalue weighted by molar-refractivity contribution is 6.04. The zero-order chi connectivity index (χ0) is 8.81. The number of hydrogen-bond acceptors (Lipinski definition) is 4. The van der Waals surface area contributed by atoms with Crippen molar-refractivity contribution in [1.29, 1.82) is 0 Å². The number of carbonyl (C=O) groups excluding carboxylic acids is 2. The van der Waals surface area contributed by atoms with E-state index in [1.807, 2.05) is 12.1 Å². The predicted molar refractivity (Wildman–Crippen MR) is 38.9 cm³/mol. The molecule has 0 amide bonds. The molecule has 0 atom stereocenters. The van der Waals surface area contributed by atoms with Crippen molar-refractivity contribution in [2.75, 3.05) is 0 Å². The van der Waals surface area contributed by atoms with Gasteiger partial charge in [-0.05, 0) is 12.1 Å². The number of rotatable bonds is 0. The molecule has 1 aliphatic heterocycles. The first kappa shape index (κ1) is 8.26. The van der Waals surface area contributed by atoms with E-state index in [-0.39, 0.29) is 0 Å². The van der Waals surface area contributed by atoms with E-state index in [1.54, 1.807) is 12.5 Å². The van der Waals surface area contributed by atoms with Crippen molar-refractivity contribution in [3.05, 3.63) is 36.8 Å². The first-order valence-corrected chi connectivity index (χ1v) is 3.20. The molecule has 1 aromatic heterocycles. The van der Waals surface area contributed by atoms with Gasteiger partial charge in [-0.3, -0.25) is 0 Å². The SMILES string of the molecule is O=C1C=CC(=O)O1.c1ccoc1. The van der Waals surface area contributed by atoms with Crippen molar-refractivity contribution in [3.63, 3.8) is 0 Å². The molecule has 4 heteroatoms. The van der Waals surface area contributed by atoms with Crippen LogP contribution in [0.1, 0.15) is 0 Å². The molecule has 0 N–H and O–H groups in total. The van der Waals surface area contributed by atoms with Crippen LogP contribution < -0.4 is 0 Å². The Balaban J connectivity index is 0.000000127. The fourth-order valence-electron chi connectivity index (χ4n) is 0.530. The molecule has 0 aliphatic carbocycles. The van der Waals surface area contributed by atoms with E-state index in [0.29, 0.717) is 0 Å². The highest BCUT2D eigenvalue weighted by Crippen LogP contribution is 1.92. The number of ether oxygens (including phenoxy) is 1. The Kier molecular flexibility index (Phi) is 2.84. The molecule has 2 heterocycles. The summed E-state index contributed by atoms with van der Waals surface area (Å²) in [6, 6.07) is 3.67. The van der Waals surface area contributed by atoms with Gasteiger partial charge in [0.05, 0.1) is 12.5 Å². The van der Waals surface area contributed by atoms with Crippen LogP contribution in [0.25, 0.3) is 0 Å². The lowest BCUT2D eigenvalue weighted by Gasteiger charge is -1.80. The molecule has 0 aromatic carbocycles. The largest absolute Gasteiger partial charge is 0.473 e. The van der Waals surface area contributed by atoms with E-state index in [0.717, 1.165) is 12.2 Å². The number of cyclic esters (lactones) is 2. The van der Waals surface area contributed by atoms with E-state index < -0.39 is 11.9 Å². The Morgan fingerprint density at radius 2 is 1.42 bits per heavy atom. The minimum absolute atomic E-state index is 0.579. The first-order valence-electron chi connectivity index (χ1n) is 3.20. The van der Waals surface area contributed by atoms with Crippen LogP contribution in [0.15, 0.2) is 41.2 Å². The molecule has 0 spiro atoms. The average Bonchev–Trinajstić information content (AvgIpc) is 2.63. The van der Waals surface area contributed by atoms with Crippen LogP contribution in [-0.2, 0) is 14.3 Å². The summed E-state index contributed by atoms with van der Waals surface area (Å²) in [5, 5.41) is 0. The van der Waals surface area contributed by atoms with E-state index in [9.17, 15) is 9.59 Å². The van der Waals surface area contributed by atoms with Crippen molar-refractivity contribution in [2.45, 2.75) is 0 Å². The minimum Gasteiger partial charge on any atom is -0.473 e. The second-order valence-electron chi connectivity index (χ2n) is 1.87. The van der Waals surface area contributed by atoms with Crippen molar-refractivity contribution in [1.82, 2.24) is 0 Å². The van der Waals surface area contributed by atoms with Crippen molar-refractivity contribution < 1.29 is 18.7 Å². The van der Waals surface area contributed by atoms with Gasteiger partial charge in [0, 0.05) is 12.2 Å². The summed E-state index contributed by atoms with van der Waals surface area (Å²) in [4.78, 5) is 19.8. The number of hydrogen-bond donors (Lipinski definition) is 0. The molecule has 1 aromatic rings. The molecule has 0 radical (unpaired) electrons. The molecule has 0 fully saturated rings. The number of furan rings is 1. The van der Waals surface area contributed by atoms with Gasteiger partial charge in [0.1, 0.15) is 0 Å². The Morgan fingerprint density at radius 3 is 1.58 bits per heavy atom. The second-order valence-corrected chi connectivity index (χ2v) is 1.87.